The smallest absolute Gasteiger partial charge is 0.339 e. The number of rotatable bonds is 5. The number of halogens is 3. The van der Waals surface area contributed by atoms with Gasteiger partial charge in [0.05, 0.1) is 5.56 Å². The number of anilines is 1. The maximum Gasteiger partial charge on any atom is 0.435 e. The maximum atomic E-state index is 13.4. The summed E-state index contributed by atoms with van der Waals surface area (Å²) in [5.74, 6) is -0.695. The van der Waals surface area contributed by atoms with E-state index in [1.165, 1.54) is 11.3 Å². The molecule has 0 spiro atoms. The van der Waals surface area contributed by atoms with Gasteiger partial charge in [-0.15, -0.1) is 11.3 Å². The molecule has 0 bridgehead atoms. The van der Waals surface area contributed by atoms with Crippen LogP contribution < -0.4 is 5.32 Å². The van der Waals surface area contributed by atoms with Gasteiger partial charge in [-0.3, -0.25) is 14.3 Å². The molecule has 3 heterocycles. The Morgan fingerprint density at radius 3 is 2.42 bits per heavy atom. The van der Waals surface area contributed by atoms with Gasteiger partial charge in [-0.05, 0) is 43.4 Å². The zero-order valence-electron chi connectivity index (χ0n) is 18.0. The van der Waals surface area contributed by atoms with Crippen molar-refractivity contribution in [2.45, 2.75) is 38.9 Å². The highest BCUT2D eigenvalue weighted by atomic mass is 32.1. The zero-order valence-corrected chi connectivity index (χ0v) is 18.8. The molecule has 0 atom stereocenters. The van der Waals surface area contributed by atoms with E-state index < -0.39 is 24.3 Å². The summed E-state index contributed by atoms with van der Waals surface area (Å²) in [5, 5.41) is 6.57. The second-order valence-electron chi connectivity index (χ2n) is 7.92. The van der Waals surface area contributed by atoms with Crippen molar-refractivity contribution in [3.05, 3.63) is 59.4 Å². The molecular weight excluding hydrogens is 453 g/mol. The maximum absolute atomic E-state index is 13.4. The van der Waals surface area contributed by atoms with Gasteiger partial charge in [-0.1, -0.05) is 30.3 Å². The number of aromatic nitrogens is 2. The van der Waals surface area contributed by atoms with Gasteiger partial charge in [0.1, 0.15) is 11.5 Å². The number of carbonyl (C=O) groups excluding carboxylic acids is 2. The van der Waals surface area contributed by atoms with Gasteiger partial charge in [0, 0.05) is 24.2 Å². The average Bonchev–Trinajstić information content (AvgIpc) is 3.39. The molecule has 0 aliphatic carbocycles. The van der Waals surface area contributed by atoms with Gasteiger partial charge in [0.15, 0.2) is 5.69 Å². The molecule has 2 amide bonds. The highest BCUT2D eigenvalue weighted by molar-refractivity contribution is 7.20. The lowest BCUT2D eigenvalue weighted by Crippen LogP contribution is -2.36. The first-order valence-electron chi connectivity index (χ1n) is 10.6. The molecule has 0 saturated carbocycles. The molecule has 1 N–H and O–H groups in total. The van der Waals surface area contributed by atoms with Crippen molar-refractivity contribution >= 4 is 28.2 Å². The van der Waals surface area contributed by atoms with E-state index >= 15 is 0 Å². The molecule has 10 heteroatoms. The Labute approximate surface area is 193 Å². The number of likely N-dealkylation sites (tertiary alicyclic amines) is 1. The van der Waals surface area contributed by atoms with Crippen LogP contribution in [0.15, 0.2) is 42.6 Å². The van der Waals surface area contributed by atoms with Crippen LogP contribution in [0.2, 0.25) is 0 Å². The predicted octanol–water partition coefficient (Wildman–Crippen LogP) is 5.20. The SMILES string of the molecule is Cc1c(-c2ccccc2)sc(NC(=O)Cn2ccc(C(F)(F)F)n2)c1C(=O)N1CCCCC1. The Morgan fingerprint density at radius 1 is 1.09 bits per heavy atom. The molecule has 3 aromatic rings. The van der Waals surface area contributed by atoms with E-state index in [1.807, 2.05) is 37.3 Å². The third-order valence-corrected chi connectivity index (χ3v) is 6.79. The number of carbonyl (C=O) groups is 2. The van der Waals surface area contributed by atoms with Crippen LogP contribution in [0.5, 0.6) is 0 Å². The van der Waals surface area contributed by atoms with E-state index in [0.717, 1.165) is 52.2 Å². The summed E-state index contributed by atoms with van der Waals surface area (Å²) in [6, 6.07) is 10.4. The van der Waals surface area contributed by atoms with Crippen molar-refractivity contribution in [2.75, 3.05) is 18.4 Å². The minimum Gasteiger partial charge on any atom is -0.339 e. The van der Waals surface area contributed by atoms with Crippen molar-refractivity contribution in [1.29, 1.82) is 0 Å². The molecule has 2 aromatic heterocycles. The quantitative estimate of drug-likeness (QED) is 0.550. The third-order valence-electron chi connectivity index (χ3n) is 5.53. The van der Waals surface area contributed by atoms with E-state index in [1.54, 1.807) is 4.90 Å². The van der Waals surface area contributed by atoms with E-state index in [-0.39, 0.29) is 5.91 Å². The van der Waals surface area contributed by atoms with Crippen LogP contribution in [-0.4, -0.2) is 39.6 Å². The van der Waals surface area contributed by atoms with Gasteiger partial charge >= 0.3 is 6.18 Å². The number of benzene rings is 1. The molecule has 4 rings (SSSR count). The molecule has 1 fully saturated rings. The monoisotopic (exact) mass is 476 g/mol. The first kappa shape index (κ1) is 23.0. The normalized spacial score (nSPS) is 14.4. The lowest BCUT2D eigenvalue weighted by molar-refractivity contribution is -0.141. The van der Waals surface area contributed by atoms with Crippen molar-refractivity contribution in [1.82, 2.24) is 14.7 Å². The van der Waals surface area contributed by atoms with Crippen molar-refractivity contribution in [2.24, 2.45) is 0 Å². The first-order valence-corrected chi connectivity index (χ1v) is 11.4. The Bertz CT molecular complexity index is 1150. The molecule has 6 nitrogen and oxygen atoms in total. The standard InChI is InChI=1S/C23H23F3N4O2S/c1-15-19(22(32)29-11-6-3-7-12-29)21(33-20(15)16-8-4-2-5-9-16)27-18(31)14-30-13-10-17(28-30)23(24,25)26/h2,4-5,8-10,13H,3,6-7,11-12,14H2,1H3,(H,27,31). The Kier molecular flexibility index (Phi) is 6.55. The number of nitrogens with one attached hydrogen (secondary N) is 1. The van der Waals surface area contributed by atoms with Gasteiger partial charge in [0.25, 0.3) is 5.91 Å². The molecule has 1 saturated heterocycles. The lowest BCUT2D eigenvalue weighted by Gasteiger charge is -2.27. The molecular formula is C23H23F3N4O2S. The van der Waals surface area contributed by atoms with E-state index in [0.29, 0.717) is 23.7 Å². The van der Waals surface area contributed by atoms with Gasteiger partial charge in [0.2, 0.25) is 5.91 Å². The molecule has 1 aliphatic heterocycles. The Hall–Kier alpha value is -3.14. The number of alkyl halides is 3. The van der Waals surface area contributed by atoms with Crippen molar-refractivity contribution < 1.29 is 22.8 Å². The summed E-state index contributed by atoms with van der Waals surface area (Å²) in [7, 11) is 0. The van der Waals surface area contributed by atoms with Crippen LogP contribution in [0.1, 0.15) is 40.9 Å². The van der Waals surface area contributed by atoms with E-state index in [2.05, 4.69) is 10.4 Å². The second-order valence-corrected chi connectivity index (χ2v) is 8.94. The third kappa shape index (κ3) is 5.11. The van der Waals surface area contributed by atoms with E-state index in [4.69, 9.17) is 0 Å². The van der Waals surface area contributed by atoms with Crippen LogP contribution in [-0.2, 0) is 17.5 Å². The number of piperidine rings is 1. The minimum absolute atomic E-state index is 0.139. The average molecular weight is 477 g/mol. The van der Waals surface area contributed by atoms with Crippen LogP contribution in [0.4, 0.5) is 18.2 Å². The van der Waals surface area contributed by atoms with E-state index in [9.17, 15) is 22.8 Å². The number of thiophene rings is 1. The fourth-order valence-electron chi connectivity index (χ4n) is 3.89. The second kappa shape index (κ2) is 9.38. The van der Waals surface area contributed by atoms with Crippen molar-refractivity contribution in [3.8, 4) is 10.4 Å². The summed E-state index contributed by atoms with van der Waals surface area (Å²) in [4.78, 5) is 28.7. The fraction of sp³-hybridized carbons (Fsp3) is 0.348. The van der Waals surface area contributed by atoms with Gasteiger partial charge in [-0.25, -0.2) is 0 Å². The largest absolute Gasteiger partial charge is 0.435 e. The molecule has 0 radical (unpaired) electrons. The number of hydrogen-bond acceptors (Lipinski definition) is 4. The van der Waals surface area contributed by atoms with Crippen molar-refractivity contribution in [3.63, 3.8) is 0 Å². The lowest BCUT2D eigenvalue weighted by atomic mass is 10.0. The Morgan fingerprint density at radius 2 is 1.79 bits per heavy atom. The summed E-state index contributed by atoms with van der Waals surface area (Å²) >= 11 is 1.29. The van der Waals surface area contributed by atoms with Crippen LogP contribution in [0.25, 0.3) is 10.4 Å². The zero-order chi connectivity index (χ0) is 23.6. The highest BCUT2D eigenvalue weighted by Crippen LogP contribution is 2.40. The summed E-state index contributed by atoms with van der Waals surface area (Å²) in [6.07, 6.45) is -0.524. The van der Waals surface area contributed by atoms with Gasteiger partial charge < -0.3 is 10.2 Å². The molecule has 1 aromatic carbocycles. The summed E-state index contributed by atoms with van der Waals surface area (Å²) in [5.41, 5.74) is 1.07. The summed E-state index contributed by atoms with van der Waals surface area (Å²) in [6.45, 7) is 2.78. The molecule has 0 unspecified atom stereocenters. The Balaban J connectivity index is 1.62. The van der Waals surface area contributed by atoms with Gasteiger partial charge in [-0.2, -0.15) is 18.3 Å². The minimum atomic E-state index is -4.58. The molecule has 174 valence electrons. The summed E-state index contributed by atoms with van der Waals surface area (Å²) < 4.78 is 39.3. The molecule has 1 aliphatic rings. The first-order chi connectivity index (χ1) is 15.7. The van der Waals surface area contributed by atoms with Crippen LogP contribution in [0.3, 0.4) is 0 Å². The number of hydrogen-bond donors (Lipinski definition) is 1. The van der Waals surface area contributed by atoms with Crippen LogP contribution in [0, 0.1) is 6.92 Å². The van der Waals surface area contributed by atoms with Crippen LogP contribution >= 0.6 is 11.3 Å². The predicted molar refractivity (Wildman–Crippen MR) is 120 cm³/mol. The fourth-order valence-corrected chi connectivity index (χ4v) is 5.11. The topological polar surface area (TPSA) is 67.2 Å². The highest BCUT2D eigenvalue weighted by Gasteiger charge is 2.34. The number of amides is 2. The molecule has 33 heavy (non-hydrogen) atoms. The number of nitrogens with zero attached hydrogens (tertiary/aromatic N) is 3.